The van der Waals surface area contributed by atoms with Crippen molar-refractivity contribution in [3.63, 3.8) is 0 Å². The van der Waals surface area contributed by atoms with Crippen molar-refractivity contribution in [2.75, 3.05) is 5.32 Å². The topological polar surface area (TPSA) is 64.0 Å². The summed E-state index contributed by atoms with van der Waals surface area (Å²) in [5.41, 5.74) is 2.07. The van der Waals surface area contributed by atoms with Gasteiger partial charge in [0.2, 0.25) is 0 Å². The Morgan fingerprint density at radius 1 is 1.12 bits per heavy atom. The molecule has 0 bridgehead atoms. The summed E-state index contributed by atoms with van der Waals surface area (Å²) in [6.45, 7) is 2.09. The average molecular weight is 351 g/mol. The maximum absolute atomic E-state index is 13.3. The molecule has 0 aliphatic rings. The zero-order valence-corrected chi connectivity index (χ0v) is 14.3. The second-order valence-electron chi connectivity index (χ2n) is 5.81. The van der Waals surface area contributed by atoms with Crippen LogP contribution in [0.5, 0.6) is 0 Å². The molecule has 132 valence electrons. The van der Waals surface area contributed by atoms with E-state index in [-0.39, 0.29) is 23.6 Å². The molecule has 26 heavy (non-hydrogen) atoms. The van der Waals surface area contributed by atoms with Crippen molar-refractivity contribution in [3.8, 4) is 0 Å². The van der Waals surface area contributed by atoms with E-state index in [0.29, 0.717) is 11.3 Å². The molecule has 1 N–H and O–H groups in total. The quantitative estimate of drug-likeness (QED) is 0.767. The summed E-state index contributed by atoms with van der Waals surface area (Å²) in [6, 6.07) is 16.1. The zero-order valence-electron chi connectivity index (χ0n) is 14.3. The summed E-state index contributed by atoms with van der Waals surface area (Å²) in [4.78, 5) is 24.5. The van der Waals surface area contributed by atoms with Gasteiger partial charge in [0.1, 0.15) is 11.5 Å². The van der Waals surface area contributed by atoms with E-state index in [1.54, 1.807) is 12.1 Å². The van der Waals surface area contributed by atoms with E-state index in [4.69, 9.17) is 0 Å². The summed E-state index contributed by atoms with van der Waals surface area (Å²) in [7, 11) is 0. The van der Waals surface area contributed by atoms with Gasteiger partial charge in [0.15, 0.2) is 0 Å². The Labute approximate surface area is 150 Å². The van der Waals surface area contributed by atoms with E-state index >= 15 is 0 Å². The second-order valence-corrected chi connectivity index (χ2v) is 5.81. The summed E-state index contributed by atoms with van der Waals surface area (Å²) in [6.07, 6.45) is 0.781. The number of hydrogen-bond acceptors (Lipinski definition) is 3. The molecular formula is C20H18FN3O2. The summed E-state index contributed by atoms with van der Waals surface area (Å²) < 4.78 is 14.5. The van der Waals surface area contributed by atoms with Crippen LogP contribution < -0.4 is 10.9 Å². The molecule has 0 spiro atoms. The molecule has 0 unspecified atom stereocenters. The first kappa shape index (κ1) is 17.5. The molecule has 5 nitrogen and oxygen atoms in total. The monoisotopic (exact) mass is 351 g/mol. The number of aryl methyl sites for hydroxylation is 1. The minimum atomic E-state index is -0.404. The molecule has 0 saturated heterocycles. The molecule has 0 saturated carbocycles. The van der Waals surface area contributed by atoms with Gasteiger partial charge in [-0.15, -0.1) is 0 Å². The van der Waals surface area contributed by atoms with Crippen molar-refractivity contribution in [1.82, 2.24) is 9.78 Å². The molecule has 0 aliphatic heterocycles. The van der Waals surface area contributed by atoms with Gasteiger partial charge < -0.3 is 5.32 Å². The third kappa shape index (κ3) is 4.03. The van der Waals surface area contributed by atoms with Crippen molar-refractivity contribution in [3.05, 3.63) is 93.7 Å². The van der Waals surface area contributed by atoms with Gasteiger partial charge in [-0.25, -0.2) is 9.07 Å². The number of carbonyl (C=O) groups excluding carboxylic acids is 1. The van der Waals surface area contributed by atoms with Crippen molar-refractivity contribution in [1.29, 1.82) is 0 Å². The maximum Gasteiger partial charge on any atom is 0.276 e. The van der Waals surface area contributed by atoms with Crippen LogP contribution in [0.4, 0.5) is 10.1 Å². The molecule has 3 aromatic rings. The lowest BCUT2D eigenvalue weighted by Gasteiger charge is -2.10. The third-order valence-corrected chi connectivity index (χ3v) is 3.97. The summed E-state index contributed by atoms with van der Waals surface area (Å²) in [5, 5.41) is 6.94. The van der Waals surface area contributed by atoms with Crippen molar-refractivity contribution in [2.24, 2.45) is 0 Å². The van der Waals surface area contributed by atoms with Crippen molar-refractivity contribution >= 4 is 11.6 Å². The van der Waals surface area contributed by atoms with E-state index in [2.05, 4.69) is 10.4 Å². The summed E-state index contributed by atoms with van der Waals surface area (Å²) in [5.74, 6) is -0.792. The van der Waals surface area contributed by atoms with Crippen LogP contribution >= 0.6 is 0 Å². The van der Waals surface area contributed by atoms with Crippen LogP contribution in [-0.2, 0) is 13.0 Å². The zero-order chi connectivity index (χ0) is 18.5. The van der Waals surface area contributed by atoms with E-state index in [1.165, 1.54) is 24.3 Å². The van der Waals surface area contributed by atoms with Crippen LogP contribution in [0, 0.1) is 5.82 Å². The molecule has 0 atom stereocenters. The molecule has 2 aromatic carbocycles. The number of nitrogens with one attached hydrogen (secondary N) is 1. The second kappa shape index (κ2) is 7.74. The lowest BCUT2D eigenvalue weighted by atomic mass is 10.1. The minimum Gasteiger partial charge on any atom is -0.320 e. The molecule has 1 aromatic heterocycles. The van der Waals surface area contributed by atoms with Gasteiger partial charge in [-0.05, 0) is 41.8 Å². The molecular weight excluding hydrogens is 333 g/mol. The molecule has 0 radical (unpaired) electrons. The first-order valence-corrected chi connectivity index (χ1v) is 8.28. The van der Waals surface area contributed by atoms with Crippen LogP contribution in [0.25, 0.3) is 0 Å². The van der Waals surface area contributed by atoms with Gasteiger partial charge in [0, 0.05) is 11.8 Å². The van der Waals surface area contributed by atoms with Gasteiger partial charge in [0.25, 0.3) is 11.5 Å². The highest BCUT2D eigenvalue weighted by molar-refractivity contribution is 6.03. The van der Waals surface area contributed by atoms with E-state index in [0.717, 1.165) is 16.7 Å². The predicted octanol–water partition coefficient (Wildman–Crippen LogP) is 3.25. The predicted molar refractivity (Wildman–Crippen MR) is 97.8 cm³/mol. The number of amides is 1. The lowest BCUT2D eigenvalue weighted by molar-refractivity contribution is 0.102. The van der Waals surface area contributed by atoms with Gasteiger partial charge >= 0.3 is 0 Å². The Morgan fingerprint density at radius 2 is 1.92 bits per heavy atom. The fraction of sp³-hybridized carbons (Fsp3) is 0.150. The standard InChI is InChI=1S/C20H18FN3O2/c1-2-15-7-3-4-9-17(15)22-20(26)18-10-11-19(25)24(23-18)13-14-6-5-8-16(21)12-14/h3-12H,2,13H2,1H3,(H,22,26). The Morgan fingerprint density at radius 3 is 2.69 bits per heavy atom. The van der Waals surface area contributed by atoms with Crippen LogP contribution in [0.2, 0.25) is 0 Å². The highest BCUT2D eigenvalue weighted by atomic mass is 19.1. The van der Waals surface area contributed by atoms with Crippen LogP contribution in [0.3, 0.4) is 0 Å². The first-order chi connectivity index (χ1) is 12.6. The minimum absolute atomic E-state index is 0.0866. The van der Waals surface area contributed by atoms with Crippen LogP contribution in [0.15, 0.2) is 65.5 Å². The number of nitrogens with zero attached hydrogens (tertiary/aromatic N) is 2. The molecule has 0 aliphatic carbocycles. The fourth-order valence-corrected chi connectivity index (χ4v) is 2.63. The van der Waals surface area contributed by atoms with Crippen molar-refractivity contribution in [2.45, 2.75) is 19.9 Å². The molecule has 3 rings (SSSR count). The smallest absolute Gasteiger partial charge is 0.276 e. The fourth-order valence-electron chi connectivity index (χ4n) is 2.63. The van der Waals surface area contributed by atoms with Crippen LogP contribution in [-0.4, -0.2) is 15.7 Å². The number of rotatable bonds is 5. The van der Waals surface area contributed by atoms with Gasteiger partial charge in [-0.2, -0.15) is 5.10 Å². The van der Waals surface area contributed by atoms with Gasteiger partial charge in [-0.3, -0.25) is 9.59 Å². The maximum atomic E-state index is 13.3. The number of anilines is 1. The Hall–Kier alpha value is -3.28. The Bertz CT molecular complexity index is 998. The van der Waals surface area contributed by atoms with Crippen LogP contribution in [0.1, 0.15) is 28.5 Å². The van der Waals surface area contributed by atoms with Crippen molar-refractivity contribution < 1.29 is 9.18 Å². The first-order valence-electron chi connectivity index (χ1n) is 8.28. The lowest BCUT2D eigenvalue weighted by Crippen LogP contribution is -2.26. The third-order valence-electron chi connectivity index (χ3n) is 3.97. The number of hydrogen-bond donors (Lipinski definition) is 1. The number of benzene rings is 2. The highest BCUT2D eigenvalue weighted by Crippen LogP contribution is 2.16. The Balaban J connectivity index is 1.84. The van der Waals surface area contributed by atoms with Gasteiger partial charge in [0.05, 0.1) is 6.54 Å². The Kier molecular flexibility index (Phi) is 5.22. The number of halogens is 1. The molecule has 6 heteroatoms. The molecule has 1 amide bonds. The van der Waals surface area contributed by atoms with E-state index in [1.807, 2.05) is 31.2 Å². The van der Waals surface area contributed by atoms with E-state index in [9.17, 15) is 14.0 Å². The average Bonchev–Trinajstić information content (AvgIpc) is 2.64. The normalized spacial score (nSPS) is 10.5. The highest BCUT2D eigenvalue weighted by Gasteiger charge is 2.12. The number of aromatic nitrogens is 2. The SMILES string of the molecule is CCc1ccccc1NC(=O)c1ccc(=O)n(Cc2cccc(F)c2)n1. The summed E-state index contributed by atoms with van der Waals surface area (Å²) >= 11 is 0. The van der Waals surface area contributed by atoms with E-state index < -0.39 is 5.91 Å². The van der Waals surface area contributed by atoms with Gasteiger partial charge in [-0.1, -0.05) is 37.3 Å². The molecule has 0 fully saturated rings. The molecule has 1 heterocycles. The number of para-hydroxylation sites is 1. The largest absolute Gasteiger partial charge is 0.320 e. The number of carbonyl (C=O) groups is 1.